The number of hydrogen-bond acceptors (Lipinski definition) is 4. The van der Waals surface area contributed by atoms with Crippen LogP contribution in [0.15, 0.2) is 5.38 Å². The van der Waals surface area contributed by atoms with E-state index in [0.717, 1.165) is 30.2 Å². The molecule has 0 saturated heterocycles. The second-order valence-corrected chi connectivity index (χ2v) is 5.03. The van der Waals surface area contributed by atoms with Crippen molar-refractivity contribution in [2.75, 3.05) is 13.2 Å². The zero-order chi connectivity index (χ0) is 11.8. The lowest BCUT2D eigenvalue weighted by Gasteiger charge is -2.09. The summed E-state index contributed by atoms with van der Waals surface area (Å²) in [6.07, 6.45) is 3.26. The first-order chi connectivity index (χ1) is 7.72. The Morgan fingerprint density at radius 2 is 2.31 bits per heavy atom. The molecule has 0 amide bonds. The third kappa shape index (κ3) is 5.58. The van der Waals surface area contributed by atoms with Crippen LogP contribution in [-0.2, 0) is 11.2 Å². The fraction of sp³-hybridized carbons (Fsp3) is 0.750. The molecule has 4 heteroatoms. The van der Waals surface area contributed by atoms with E-state index in [4.69, 9.17) is 4.74 Å². The molecule has 0 aromatic carbocycles. The molecule has 1 aromatic heterocycles. The first kappa shape index (κ1) is 13.6. The number of aromatic nitrogens is 1. The Morgan fingerprint density at radius 1 is 1.50 bits per heavy atom. The van der Waals surface area contributed by atoms with Crippen molar-refractivity contribution in [2.45, 2.75) is 45.6 Å². The maximum Gasteiger partial charge on any atom is 0.0897 e. The van der Waals surface area contributed by atoms with E-state index in [-0.39, 0.29) is 6.10 Å². The first-order valence-corrected chi connectivity index (χ1v) is 6.77. The van der Waals surface area contributed by atoms with Gasteiger partial charge in [-0.05, 0) is 19.8 Å². The standard InChI is InChI=1S/C12H21NO2S/c1-3-4-6-15-7-5-12(14)8-11-9-16-10(2)13-11/h9,12,14H,3-8H2,1-2H3. The summed E-state index contributed by atoms with van der Waals surface area (Å²) in [7, 11) is 0. The van der Waals surface area contributed by atoms with Gasteiger partial charge in [0.25, 0.3) is 0 Å². The number of ether oxygens (including phenoxy) is 1. The minimum Gasteiger partial charge on any atom is -0.393 e. The van der Waals surface area contributed by atoms with Crippen molar-refractivity contribution in [3.8, 4) is 0 Å². The lowest BCUT2D eigenvalue weighted by atomic mass is 10.1. The normalized spacial score (nSPS) is 12.9. The molecule has 0 radical (unpaired) electrons. The molecule has 1 unspecified atom stereocenters. The number of rotatable bonds is 8. The van der Waals surface area contributed by atoms with E-state index in [9.17, 15) is 5.11 Å². The summed E-state index contributed by atoms with van der Waals surface area (Å²) in [5.41, 5.74) is 0.989. The van der Waals surface area contributed by atoms with Crippen LogP contribution in [0.5, 0.6) is 0 Å². The summed E-state index contributed by atoms with van der Waals surface area (Å²) >= 11 is 1.63. The van der Waals surface area contributed by atoms with E-state index in [2.05, 4.69) is 11.9 Å². The Labute approximate surface area is 101 Å². The van der Waals surface area contributed by atoms with Gasteiger partial charge in [0.05, 0.1) is 16.8 Å². The number of aliphatic hydroxyl groups is 1. The minimum atomic E-state index is -0.330. The summed E-state index contributed by atoms with van der Waals surface area (Å²) in [5.74, 6) is 0. The topological polar surface area (TPSA) is 42.4 Å². The van der Waals surface area contributed by atoms with Gasteiger partial charge in [-0.15, -0.1) is 11.3 Å². The molecule has 1 N–H and O–H groups in total. The molecule has 1 atom stereocenters. The van der Waals surface area contributed by atoms with Crippen LogP contribution in [0.4, 0.5) is 0 Å². The maximum absolute atomic E-state index is 9.75. The van der Waals surface area contributed by atoms with Gasteiger partial charge in [0.15, 0.2) is 0 Å². The Hall–Kier alpha value is -0.450. The van der Waals surface area contributed by atoms with Crippen molar-refractivity contribution in [3.05, 3.63) is 16.1 Å². The van der Waals surface area contributed by atoms with Crippen molar-refractivity contribution < 1.29 is 9.84 Å². The van der Waals surface area contributed by atoms with Crippen LogP contribution in [0.1, 0.15) is 36.9 Å². The van der Waals surface area contributed by atoms with Gasteiger partial charge >= 0.3 is 0 Å². The molecule has 3 nitrogen and oxygen atoms in total. The smallest absolute Gasteiger partial charge is 0.0897 e. The predicted octanol–water partition coefficient (Wildman–Crippen LogP) is 2.56. The van der Waals surface area contributed by atoms with Crippen LogP contribution in [-0.4, -0.2) is 29.4 Å². The molecule has 16 heavy (non-hydrogen) atoms. The average molecular weight is 243 g/mol. The number of hydrogen-bond donors (Lipinski definition) is 1. The zero-order valence-corrected chi connectivity index (χ0v) is 10.9. The maximum atomic E-state index is 9.75. The Balaban J connectivity index is 2.09. The lowest BCUT2D eigenvalue weighted by molar-refractivity contribution is 0.0803. The molecular weight excluding hydrogens is 222 g/mol. The van der Waals surface area contributed by atoms with Gasteiger partial charge in [0.1, 0.15) is 0 Å². The van der Waals surface area contributed by atoms with Crippen LogP contribution in [0, 0.1) is 6.92 Å². The molecule has 0 spiro atoms. The van der Waals surface area contributed by atoms with E-state index in [1.165, 1.54) is 0 Å². The monoisotopic (exact) mass is 243 g/mol. The SMILES string of the molecule is CCCCOCCC(O)Cc1csc(C)n1. The summed E-state index contributed by atoms with van der Waals surface area (Å²) in [6.45, 7) is 5.57. The largest absolute Gasteiger partial charge is 0.393 e. The van der Waals surface area contributed by atoms with Crippen molar-refractivity contribution in [1.82, 2.24) is 4.98 Å². The minimum absolute atomic E-state index is 0.330. The van der Waals surface area contributed by atoms with Crippen LogP contribution in [0.25, 0.3) is 0 Å². The van der Waals surface area contributed by atoms with Gasteiger partial charge in [-0.1, -0.05) is 13.3 Å². The van der Waals surface area contributed by atoms with Gasteiger partial charge < -0.3 is 9.84 Å². The van der Waals surface area contributed by atoms with Gasteiger partial charge in [-0.2, -0.15) is 0 Å². The lowest BCUT2D eigenvalue weighted by Crippen LogP contribution is -2.14. The number of thiazole rings is 1. The number of aliphatic hydroxyl groups excluding tert-OH is 1. The molecule has 0 aliphatic rings. The highest BCUT2D eigenvalue weighted by Crippen LogP contribution is 2.11. The number of aryl methyl sites for hydroxylation is 1. The quantitative estimate of drug-likeness (QED) is 0.714. The Bertz CT molecular complexity index is 288. The van der Waals surface area contributed by atoms with Gasteiger partial charge in [-0.25, -0.2) is 4.98 Å². The van der Waals surface area contributed by atoms with Crippen LogP contribution in [0.2, 0.25) is 0 Å². The second-order valence-electron chi connectivity index (χ2n) is 3.97. The van der Waals surface area contributed by atoms with E-state index in [1.807, 2.05) is 12.3 Å². The van der Waals surface area contributed by atoms with Crippen molar-refractivity contribution in [2.24, 2.45) is 0 Å². The van der Waals surface area contributed by atoms with E-state index >= 15 is 0 Å². The fourth-order valence-electron chi connectivity index (χ4n) is 1.41. The van der Waals surface area contributed by atoms with Crippen LogP contribution < -0.4 is 0 Å². The highest BCUT2D eigenvalue weighted by molar-refractivity contribution is 7.09. The van der Waals surface area contributed by atoms with E-state index < -0.39 is 0 Å². The molecule has 0 saturated carbocycles. The first-order valence-electron chi connectivity index (χ1n) is 5.89. The van der Waals surface area contributed by atoms with E-state index in [1.54, 1.807) is 11.3 Å². The molecule has 0 bridgehead atoms. The van der Waals surface area contributed by atoms with Crippen molar-refractivity contribution >= 4 is 11.3 Å². The third-order valence-corrected chi connectivity index (χ3v) is 3.17. The Kier molecular flexibility index (Phi) is 6.61. The van der Waals surface area contributed by atoms with Crippen molar-refractivity contribution in [1.29, 1.82) is 0 Å². The van der Waals surface area contributed by atoms with Crippen LogP contribution >= 0.6 is 11.3 Å². The summed E-state index contributed by atoms with van der Waals surface area (Å²) in [5, 5.41) is 12.8. The highest BCUT2D eigenvalue weighted by atomic mass is 32.1. The second kappa shape index (κ2) is 7.76. The highest BCUT2D eigenvalue weighted by Gasteiger charge is 2.07. The summed E-state index contributed by atoms with van der Waals surface area (Å²) in [4.78, 5) is 4.33. The third-order valence-electron chi connectivity index (χ3n) is 2.35. The number of unbranched alkanes of at least 4 members (excludes halogenated alkanes) is 1. The van der Waals surface area contributed by atoms with Gasteiger partial charge in [0.2, 0.25) is 0 Å². The van der Waals surface area contributed by atoms with Gasteiger partial charge in [-0.3, -0.25) is 0 Å². The summed E-state index contributed by atoms with van der Waals surface area (Å²) < 4.78 is 5.41. The predicted molar refractivity (Wildman–Crippen MR) is 66.9 cm³/mol. The average Bonchev–Trinajstić information content (AvgIpc) is 2.63. The molecule has 1 rings (SSSR count). The molecule has 1 heterocycles. The zero-order valence-electron chi connectivity index (χ0n) is 10.1. The Morgan fingerprint density at radius 3 is 2.94 bits per heavy atom. The molecular formula is C12H21NO2S. The van der Waals surface area contributed by atoms with Gasteiger partial charge in [0, 0.05) is 25.0 Å². The molecule has 0 aliphatic carbocycles. The van der Waals surface area contributed by atoms with Crippen LogP contribution in [0.3, 0.4) is 0 Å². The van der Waals surface area contributed by atoms with Crippen molar-refractivity contribution in [3.63, 3.8) is 0 Å². The molecule has 0 aliphatic heterocycles. The molecule has 92 valence electrons. The summed E-state index contributed by atoms with van der Waals surface area (Å²) in [6, 6.07) is 0. The molecule has 1 aromatic rings. The van der Waals surface area contributed by atoms with E-state index in [0.29, 0.717) is 19.4 Å². The molecule has 0 fully saturated rings. The number of nitrogens with zero attached hydrogens (tertiary/aromatic N) is 1. The fourth-order valence-corrected chi connectivity index (χ4v) is 2.04.